The second-order valence-corrected chi connectivity index (χ2v) is 5.77. The molecule has 2 rings (SSSR count). The normalized spacial score (nSPS) is 23.1. The van der Waals surface area contributed by atoms with Crippen LogP contribution in [0.2, 0.25) is 0 Å². The molecule has 1 fully saturated rings. The molecular weight excluding hydrogens is 306 g/mol. The van der Waals surface area contributed by atoms with Gasteiger partial charge in [-0.2, -0.15) is 0 Å². The van der Waals surface area contributed by atoms with Crippen molar-refractivity contribution in [3.63, 3.8) is 0 Å². The minimum absolute atomic E-state index is 0.0574. The van der Waals surface area contributed by atoms with Gasteiger partial charge in [-0.25, -0.2) is 8.78 Å². The van der Waals surface area contributed by atoms with Gasteiger partial charge in [0.05, 0.1) is 16.7 Å². The largest absolute Gasteiger partial charge is 0.389 e. The predicted molar refractivity (Wildman–Crippen MR) is 67.3 cm³/mol. The zero-order valence-electron chi connectivity index (χ0n) is 10.0. The van der Waals surface area contributed by atoms with Crippen LogP contribution in [0.5, 0.6) is 0 Å². The van der Waals surface area contributed by atoms with Crippen molar-refractivity contribution in [1.29, 1.82) is 0 Å². The van der Waals surface area contributed by atoms with Crippen LogP contribution in [-0.4, -0.2) is 23.9 Å². The van der Waals surface area contributed by atoms with Crippen LogP contribution in [0, 0.1) is 17.6 Å². The number of ether oxygens (including phenoxy) is 1. The smallest absolute Gasteiger partial charge is 0.143 e. The molecule has 2 unspecified atom stereocenters. The third-order valence-electron chi connectivity index (χ3n) is 3.48. The summed E-state index contributed by atoms with van der Waals surface area (Å²) in [6, 6.07) is 2.52. The van der Waals surface area contributed by atoms with Gasteiger partial charge in [0, 0.05) is 24.5 Å². The highest BCUT2D eigenvalue weighted by Gasteiger charge is 2.36. The van der Waals surface area contributed by atoms with E-state index in [2.05, 4.69) is 15.9 Å². The predicted octanol–water partition coefficient (Wildman–Crippen LogP) is 3.06. The van der Waals surface area contributed by atoms with Crippen molar-refractivity contribution in [2.45, 2.75) is 25.4 Å². The molecule has 1 aromatic rings. The van der Waals surface area contributed by atoms with Gasteiger partial charge < -0.3 is 9.84 Å². The van der Waals surface area contributed by atoms with Crippen LogP contribution in [0.3, 0.4) is 0 Å². The van der Waals surface area contributed by atoms with Crippen LogP contribution < -0.4 is 0 Å². The molecule has 2 atom stereocenters. The lowest BCUT2D eigenvalue weighted by atomic mass is 9.83. The Morgan fingerprint density at radius 1 is 1.50 bits per heavy atom. The second kappa shape index (κ2) is 5.23. The number of hydrogen-bond donors (Lipinski definition) is 1. The van der Waals surface area contributed by atoms with Gasteiger partial charge in [-0.3, -0.25) is 0 Å². The molecule has 1 aromatic carbocycles. The highest BCUT2D eigenvalue weighted by Crippen LogP contribution is 2.32. The van der Waals surface area contributed by atoms with E-state index in [-0.39, 0.29) is 22.4 Å². The summed E-state index contributed by atoms with van der Waals surface area (Å²) in [5, 5.41) is 10.4. The Bertz CT molecular complexity index is 443. The number of benzene rings is 1. The van der Waals surface area contributed by atoms with E-state index in [1.807, 2.05) is 0 Å². The highest BCUT2D eigenvalue weighted by atomic mass is 79.9. The summed E-state index contributed by atoms with van der Waals surface area (Å²) in [6.07, 6.45) is 0.655. The summed E-state index contributed by atoms with van der Waals surface area (Å²) in [5.74, 6) is -1.36. The van der Waals surface area contributed by atoms with Crippen LogP contribution in [-0.2, 0) is 11.2 Å². The first-order valence-electron chi connectivity index (χ1n) is 5.84. The number of rotatable bonds is 3. The Morgan fingerprint density at radius 3 is 2.83 bits per heavy atom. The molecule has 1 N–H and O–H groups in total. The van der Waals surface area contributed by atoms with Gasteiger partial charge in [-0.15, -0.1) is 0 Å². The summed E-state index contributed by atoms with van der Waals surface area (Å²) in [7, 11) is 0. The van der Waals surface area contributed by atoms with Gasteiger partial charge in [0.15, 0.2) is 0 Å². The highest BCUT2D eigenvalue weighted by molar-refractivity contribution is 9.10. The number of hydrogen-bond acceptors (Lipinski definition) is 2. The minimum atomic E-state index is -1.17. The standard InChI is InChI=1S/C13H15BrF2O2/c1-13(17,8-4-5-18-7-8)6-9-11(15)3-2-10(14)12(9)16/h2-3,8,17H,4-7H2,1H3. The summed E-state index contributed by atoms with van der Waals surface area (Å²) in [4.78, 5) is 0. The van der Waals surface area contributed by atoms with E-state index in [0.717, 1.165) is 0 Å². The van der Waals surface area contributed by atoms with Crippen molar-refractivity contribution in [3.05, 3.63) is 33.8 Å². The molecule has 1 aliphatic heterocycles. The fraction of sp³-hybridized carbons (Fsp3) is 0.538. The molecule has 5 heteroatoms. The quantitative estimate of drug-likeness (QED) is 0.867. The molecular formula is C13H15BrF2O2. The Hall–Kier alpha value is -0.520. The average Bonchev–Trinajstić information content (AvgIpc) is 2.84. The Labute approximate surface area is 113 Å². The van der Waals surface area contributed by atoms with E-state index in [1.165, 1.54) is 12.1 Å². The zero-order chi connectivity index (χ0) is 13.3. The van der Waals surface area contributed by atoms with Gasteiger partial charge in [-0.05, 0) is 41.4 Å². The van der Waals surface area contributed by atoms with Crippen LogP contribution in [0.1, 0.15) is 18.9 Å². The van der Waals surface area contributed by atoms with Crippen molar-refractivity contribution in [2.75, 3.05) is 13.2 Å². The third kappa shape index (κ3) is 2.73. The molecule has 1 heterocycles. The molecule has 0 saturated carbocycles. The first-order chi connectivity index (χ1) is 8.42. The summed E-state index contributed by atoms with van der Waals surface area (Å²) >= 11 is 3.02. The van der Waals surface area contributed by atoms with E-state index in [1.54, 1.807) is 6.92 Å². The van der Waals surface area contributed by atoms with Gasteiger partial charge >= 0.3 is 0 Å². The van der Waals surface area contributed by atoms with Crippen molar-refractivity contribution >= 4 is 15.9 Å². The molecule has 0 radical (unpaired) electrons. The molecule has 1 aliphatic rings. The van der Waals surface area contributed by atoms with Gasteiger partial charge in [0.2, 0.25) is 0 Å². The van der Waals surface area contributed by atoms with Crippen LogP contribution in [0.25, 0.3) is 0 Å². The lowest BCUT2D eigenvalue weighted by Gasteiger charge is -2.29. The van der Waals surface area contributed by atoms with Gasteiger partial charge in [-0.1, -0.05) is 0 Å². The molecule has 0 bridgehead atoms. The second-order valence-electron chi connectivity index (χ2n) is 4.92. The summed E-state index contributed by atoms with van der Waals surface area (Å²) in [6.45, 7) is 2.63. The molecule has 0 aliphatic carbocycles. The topological polar surface area (TPSA) is 29.5 Å². The van der Waals surface area contributed by atoms with Gasteiger partial charge in [0.1, 0.15) is 11.6 Å². The lowest BCUT2D eigenvalue weighted by Crippen LogP contribution is -2.38. The molecule has 1 saturated heterocycles. The Morgan fingerprint density at radius 2 is 2.22 bits per heavy atom. The fourth-order valence-electron chi connectivity index (χ4n) is 2.26. The molecule has 0 spiro atoms. The Balaban J connectivity index is 2.25. The van der Waals surface area contributed by atoms with Crippen molar-refractivity contribution < 1.29 is 18.6 Å². The lowest BCUT2D eigenvalue weighted by molar-refractivity contribution is -0.00589. The molecule has 2 nitrogen and oxygen atoms in total. The average molecular weight is 321 g/mol. The first kappa shape index (κ1) is 13.9. The molecule has 0 amide bonds. The van der Waals surface area contributed by atoms with Crippen molar-refractivity contribution in [2.24, 2.45) is 5.92 Å². The van der Waals surface area contributed by atoms with Gasteiger partial charge in [0.25, 0.3) is 0 Å². The van der Waals surface area contributed by atoms with Crippen molar-refractivity contribution in [3.8, 4) is 0 Å². The Kier molecular flexibility index (Phi) is 4.04. The number of aliphatic hydroxyl groups is 1. The molecule has 0 aromatic heterocycles. The third-order valence-corrected chi connectivity index (χ3v) is 4.10. The van der Waals surface area contributed by atoms with Crippen LogP contribution in [0.15, 0.2) is 16.6 Å². The fourth-order valence-corrected chi connectivity index (χ4v) is 2.63. The monoisotopic (exact) mass is 320 g/mol. The van der Waals surface area contributed by atoms with Crippen LogP contribution >= 0.6 is 15.9 Å². The maximum absolute atomic E-state index is 13.9. The minimum Gasteiger partial charge on any atom is -0.389 e. The SMILES string of the molecule is CC(O)(Cc1c(F)ccc(Br)c1F)C1CCOC1. The molecule has 100 valence electrons. The van der Waals surface area contributed by atoms with E-state index >= 15 is 0 Å². The van der Waals surface area contributed by atoms with E-state index < -0.39 is 17.2 Å². The maximum Gasteiger partial charge on any atom is 0.143 e. The zero-order valence-corrected chi connectivity index (χ0v) is 11.6. The summed E-state index contributed by atoms with van der Waals surface area (Å²) < 4.78 is 32.9. The van der Waals surface area contributed by atoms with E-state index in [4.69, 9.17) is 4.74 Å². The first-order valence-corrected chi connectivity index (χ1v) is 6.63. The van der Waals surface area contributed by atoms with E-state index in [0.29, 0.717) is 19.6 Å². The maximum atomic E-state index is 13.9. The van der Waals surface area contributed by atoms with Crippen molar-refractivity contribution in [1.82, 2.24) is 0 Å². The summed E-state index contributed by atoms with van der Waals surface area (Å²) in [5.41, 5.74) is -1.25. The number of halogens is 3. The van der Waals surface area contributed by atoms with E-state index in [9.17, 15) is 13.9 Å². The molecule has 18 heavy (non-hydrogen) atoms. The van der Waals surface area contributed by atoms with Crippen LogP contribution in [0.4, 0.5) is 8.78 Å².